The van der Waals surface area contributed by atoms with Crippen molar-refractivity contribution in [1.29, 1.82) is 0 Å². The number of carbonyl (C=O) groups excluding carboxylic acids is 1. The van der Waals surface area contributed by atoms with Gasteiger partial charge in [0.05, 0.1) is 4.91 Å². The molecule has 0 radical (unpaired) electrons. The van der Waals surface area contributed by atoms with E-state index in [0.29, 0.717) is 16.0 Å². The number of hydrogen-bond donors (Lipinski definition) is 0. The average Bonchev–Trinajstić information content (AvgIpc) is 2.93. The van der Waals surface area contributed by atoms with Crippen LogP contribution in [0.4, 0.5) is 17.6 Å². The Labute approximate surface area is 144 Å². The van der Waals surface area contributed by atoms with Crippen molar-refractivity contribution < 1.29 is 30.8 Å². The third-order valence-corrected chi connectivity index (χ3v) is 6.55. The fourth-order valence-corrected chi connectivity index (χ4v) is 4.70. The molecular weight excluding hydrogens is 380 g/mol. The molecule has 0 bridgehead atoms. The van der Waals surface area contributed by atoms with E-state index in [2.05, 4.69) is 0 Å². The maximum absolute atomic E-state index is 13.7. The van der Waals surface area contributed by atoms with Gasteiger partial charge in [0.15, 0.2) is 5.78 Å². The zero-order valence-electron chi connectivity index (χ0n) is 12.6. The molecule has 1 aliphatic rings. The molecule has 1 heterocycles. The Balaban J connectivity index is 2.14. The van der Waals surface area contributed by atoms with Crippen LogP contribution in [0.5, 0.6) is 0 Å². The van der Waals surface area contributed by atoms with E-state index in [1.807, 2.05) is 0 Å². The lowest BCUT2D eigenvalue weighted by Gasteiger charge is -2.14. The highest BCUT2D eigenvalue weighted by Gasteiger charge is 2.49. The molecule has 0 saturated heterocycles. The Hall–Kier alpha value is -2.00. The minimum Gasteiger partial charge on any atom is -0.294 e. The standard InChI is InChI=1S/C16H10F4O3S2/c1-8-10(3-2-4-12(8)17)15-7-11-13(21)5-9(6-14(11)24-15)25(22,23)16(18,19)20/h2-4,6-7H,5H2,1H3. The maximum Gasteiger partial charge on any atom is 0.501 e. The van der Waals surface area contributed by atoms with Crippen LogP contribution in [-0.2, 0) is 9.84 Å². The summed E-state index contributed by atoms with van der Waals surface area (Å²) in [6.07, 6.45) is 0.0372. The highest BCUT2D eigenvalue weighted by molar-refractivity contribution is 7.96. The van der Waals surface area contributed by atoms with Crippen molar-refractivity contribution in [1.82, 2.24) is 0 Å². The number of Topliss-reactive ketones (excluding diaryl/α,β-unsaturated/α-hetero) is 1. The average molecular weight is 390 g/mol. The zero-order chi connectivity index (χ0) is 18.6. The molecule has 3 nitrogen and oxygen atoms in total. The first kappa shape index (κ1) is 17.8. The summed E-state index contributed by atoms with van der Waals surface area (Å²) in [7, 11) is -5.56. The first-order chi connectivity index (χ1) is 11.5. The number of rotatable bonds is 2. The van der Waals surface area contributed by atoms with E-state index < -0.39 is 38.3 Å². The second kappa shape index (κ2) is 5.77. The summed E-state index contributed by atoms with van der Waals surface area (Å²) < 4.78 is 74.9. The zero-order valence-corrected chi connectivity index (χ0v) is 14.3. The third kappa shape index (κ3) is 2.91. The lowest BCUT2D eigenvalue weighted by molar-refractivity contribution is -0.0426. The van der Waals surface area contributed by atoms with Gasteiger partial charge in [-0.25, -0.2) is 12.8 Å². The summed E-state index contributed by atoms with van der Waals surface area (Å²) in [6, 6.07) is 5.83. The summed E-state index contributed by atoms with van der Waals surface area (Å²) in [5.74, 6) is -1.16. The topological polar surface area (TPSA) is 51.2 Å². The Morgan fingerprint density at radius 2 is 1.84 bits per heavy atom. The maximum atomic E-state index is 13.7. The summed E-state index contributed by atoms with van der Waals surface area (Å²) in [4.78, 5) is 11.8. The molecule has 0 saturated carbocycles. The largest absolute Gasteiger partial charge is 0.501 e. The van der Waals surface area contributed by atoms with E-state index in [0.717, 1.165) is 17.4 Å². The number of halogens is 4. The minimum atomic E-state index is -5.56. The molecule has 2 aromatic rings. The predicted molar refractivity (Wildman–Crippen MR) is 86.3 cm³/mol. The van der Waals surface area contributed by atoms with Crippen LogP contribution in [0.25, 0.3) is 16.5 Å². The normalized spacial score (nSPS) is 15.1. The molecule has 0 atom stereocenters. The number of ketones is 1. The third-order valence-electron chi connectivity index (χ3n) is 3.87. The fourth-order valence-electron chi connectivity index (χ4n) is 2.51. The molecular formula is C16H10F4O3S2. The molecule has 0 unspecified atom stereocenters. The van der Waals surface area contributed by atoms with Gasteiger partial charge in [-0.1, -0.05) is 12.1 Å². The predicted octanol–water partition coefficient (Wildman–Crippen LogP) is 4.72. The van der Waals surface area contributed by atoms with E-state index >= 15 is 0 Å². The monoisotopic (exact) mass is 390 g/mol. The number of carbonyl (C=O) groups is 1. The molecule has 0 spiro atoms. The number of hydrogen-bond acceptors (Lipinski definition) is 4. The quantitative estimate of drug-likeness (QED) is 0.697. The molecule has 3 rings (SSSR count). The molecule has 132 valence electrons. The Morgan fingerprint density at radius 1 is 1.16 bits per heavy atom. The molecule has 9 heteroatoms. The van der Waals surface area contributed by atoms with Crippen LogP contribution in [0.2, 0.25) is 0 Å². The van der Waals surface area contributed by atoms with Crippen LogP contribution in [0.15, 0.2) is 29.2 Å². The summed E-state index contributed by atoms with van der Waals surface area (Å²) >= 11 is 0.950. The van der Waals surface area contributed by atoms with Crippen molar-refractivity contribution in [3.8, 4) is 10.4 Å². The van der Waals surface area contributed by atoms with Gasteiger partial charge in [0.1, 0.15) is 5.82 Å². The molecule has 25 heavy (non-hydrogen) atoms. The van der Waals surface area contributed by atoms with Crippen LogP contribution >= 0.6 is 11.3 Å². The van der Waals surface area contributed by atoms with Crippen molar-refractivity contribution in [2.75, 3.05) is 0 Å². The van der Waals surface area contributed by atoms with Gasteiger partial charge in [-0.05, 0) is 36.3 Å². The molecule has 1 aromatic carbocycles. The summed E-state index contributed by atoms with van der Waals surface area (Å²) in [5.41, 5.74) is -4.48. The van der Waals surface area contributed by atoms with Gasteiger partial charge in [-0.15, -0.1) is 11.3 Å². The van der Waals surface area contributed by atoms with Crippen molar-refractivity contribution in [2.24, 2.45) is 0 Å². The second-order valence-corrected chi connectivity index (χ2v) is 8.54. The van der Waals surface area contributed by atoms with Gasteiger partial charge in [-0.3, -0.25) is 4.79 Å². The number of alkyl halides is 3. The number of sulfone groups is 1. The molecule has 0 aliphatic heterocycles. The van der Waals surface area contributed by atoms with Gasteiger partial charge >= 0.3 is 5.51 Å². The number of allylic oxidation sites excluding steroid dienone is 1. The van der Waals surface area contributed by atoms with E-state index in [-0.39, 0.29) is 10.4 Å². The van der Waals surface area contributed by atoms with Crippen LogP contribution in [-0.4, -0.2) is 19.7 Å². The van der Waals surface area contributed by atoms with Crippen LogP contribution in [0.1, 0.15) is 27.2 Å². The summed E-state index contributed by atoms with van der Waals surface area (Å²) in [5, 5.41) is 0. The van der Waals surface area contributed by atoms with Crippen LogP contribution in [0.3, 0.4) is 0 Å². The lowest BCUT2D eigenvalue weighted by Crippen LogP contribution is -2.26. The molecule has 0 amide bonds. The Bertz CT molecular complexity index is 1010. The molecule has 0 fully saturated rings. The van der Waals surface area contributed by atoms with Gasteiger partial charge in [0.2, 0.25) is 0 Å². The highest BCUT2D eigenvalue weighted by atomic mass is 32.2. The van der Waals surface area contributed by atoms with Gasteiger partial charge in [0.25, 0.3) is 9.84 Å². The second-order valence-electron chi connectivity index (χ2n) is 5.46. The fraction of sp³-hybridized carbons (Fsp3) is 0.188. The Morgan fingerprint density at radius 3 is 2.48 bits per heavy atom. The molecule has 0 N–H and O–H groups in total. The molecule has 1 aromatic heterocycles. The van der Waals surface area contributed by atoms with Crippen molar-refractivity contribution in [3.05, 3.63) is 51.0 Å². The summed E-state index contributed by atoms with van der Waals surface area (Å²) in [6.45, 7) is 1.54. The van der Waals surface area contributed by atoms with E-state index in [1.165, 1.54) is 18.2 Å². The van der Waals surface area contributed by atoms with Crippen LogP contribution in [0, 0.1) is 12.7 Å². The SMILES string of the molecule is Cc1c(F)cccc1-c1cc2c(s1)C=C(S(=O)(=O)C(F)(F)F)CC2=O. The highest BCUT2D eigenvalue weighted by Crippen LogP contribution is 2.41. The van der Waals surface area contributed by atoms with Gasteiger partial charge in [0, 0.05) is 21.7 Å². The van der Waals surface area contributed by atoms with E-state index in [4.69, 9.17) is 0 Å². The van der Waals surface area contributed by atoms with Crippen molar-refractivity contribution >= 4 is 33.0 Å². The van der Waals surface area contributed by atoms with Crippen molar-refractivity contribution in [3.63, 3.8) is 0 Å². The number of fused-ring (bicyclic) bond motifs is 1. The Kier molecular flexibility index (Phi) is 4.11. The first-order valence-corrected chi connectivity index (χ1v) is 9.27. The first-order valence-electron chi connectivity index (χ1n) is 6.97. The van der Waals surface area contributed by atoms with Crippen LogP contribution < -0.4 is 0 Å². The number of benzene rings is 1. The number of thiophene rings is 1. The smallest absolute Gasteiger partial charge is 0.294 e. The van der Waals surface area contributed by atoms with Gasteiger partial charge in [-0.2, -0.15) is 13.2 Å². The van der Waals surface area contributed by atoms with Crippen molar-refractivity contribution in [2.45, 2.75) is 18.9 Å². The minimum absolute atomic E-state index is 0.123. The van der Waals surface area contributed by atoms with Gasteiger partial charge < -0.3 is 0 Å². The van der Waals surface area contributed by atoms with E-state index in [9.17, 15) is 30.8 Å². The van der Waals surface area contributed by atoms with E-state index in [1.54, 1.807) is 13.0 Å². The molecule has 1 aliphatic carbocycles. The lowest BCUT2D eigenvalue weighted by atomic mass is 10.0.